The van der Waals surface area contributed by atoms with Crippen LogP contribution in [0.25, 0.3) is 0 Å². The molecule has 0 aromatic heterocycles. The molecule has 0 aliphatic carbocycles. The first-order valence-electron chi connectivity index (χ1n) is 4.76. The molecule has 2 nitrogen and oxygen atoms in total. The first kappa shape index (κ1) is 9.19. The standard InChI is InChI=1S/C11H12FNO/c1-7-5-6-10(14)8-3-2-4-9(12)11(8)13-7/h2-4,7,13H,5-6H2,1H3. The highest BCUT2D eigenvalue weighted by Crippen LogP contribution is 2.26. The van der Waals surface area contributed by atoms with Crippen LogP contribution in [0.5, 0.6) is 0 Å². The number of benzene rings is 1. The van der Waals surface area contributed by atoms with Gasteiger partial charge in [0.2, 0.25) is 0 Å². The highest BCUT2D eigenvalue weighted by molar-refractivity contribution is 6.01. The number of anilines is 1. The van der Waals surface area contributed by atoms with Crippen LogP contribution in [0.15, 0.2) is 18.2 Å². The molecule has 0 saturated heterocycles. The first-order valence-corrected chi connectivity index (χ1v) is 4.76. The van der Waals surface area contributed by atoms with Crippen molar-refractivity contribution >= 4 is 11.5 Å². The van der Waals surface area contributed by atoms with Gasteiger partial charge in [-0.15, -0.1) is 0 Å². The summed E-state index contributed by atoms with van der Waals surface area (Å²) in [6, 6.07) is 4.77. The van der Waals surface area contributed by atoms with Gasteiger partial charge in [-0.3, -0.25) is 4.79 Å². The second kappa shape index (κ2) is 3.40. The molecule has 1 aliphatic heterocycles. The second-order valence-corrected chi connectivity index (χ2v) is 3.67. The number of hydrogen-bond donors (Lipinski definition) is 1. The minimum Gasteiger partial charge on any atom is -0.380 e. The number of rotatable bonds is 0. The summed E-state index contributed by atoms with van der Waals surface area (Å²) >= 11 is 0. The normalized spacial score (nSPS) is 21.0. The Morgan fingerprint density at radius 1 is 1.50 bits per heavy atom. The fraction of sp³-hybridized carbons (Fsp3) is 0.364. The molecule has 0 fully saturated rings. The third kappa shape index (κ3) is 1.50. The van der Waals surface area contributed by atoms with E-state index >= 15 is 0 Å². The van der Waals surface area contributed by atoms with Crippen LogP contribution in [-0.4, -0.2) is 11.8 Å². The Hall–Kier alpha value is -1.38. The maximum atomic E-state index is 13.4. The minimum absolute atomic E-state index is 0.0244. The summed E-state index contributed by atoms with van der Waals surface area (Å²) in [6.07, 6.45) is 1.25. The van der Waals surface area contributed by atoms with E-state index in [2.05, 4.69) is 5.32 Å². The van der Waals surface area contributed by atoms with E-state index < -0.39 is 0 Å². The van der Waals surface area contributed by atoms with Crippen LogP contribution in [0.4, 0.5) is 10.1 Å². The van der Waals surface area contributed by atoms with Gasteiger partial charge in [-0.1, -0.05) is 6.07 Å². The second-order valence-electron chi connectivity index (χ2n) is 3.67. The van der Waals surface area contributed by atoms with Crippen LogP contribution in [0.3, 0.4) is 0 Å². The fourth-order valence-electron chi connectivity index (χ4n) is 1.70. The molecule has 2 rings (SSSR count). The van der Waals surface area contributed by atoms with Gasteiger partial charge in [0.05, 0.1) is 5.69 Å². The Balaban J connectivity index is 2.52. The third-order valence-corrected chi connectivity index (χ3v) is 2.51. The number of para-hydroxylation sites is 1. The van der Waals surface area contributed by atoms with Gasteiger partial charge in [-0.2, -0.15) is 0 Å². The number of ketones is 1. The Labute approximate surface area is 82.1 Å². The fourth-order valence-corrected chi connectivity index (χ4v) is 1.70. The summed E-state index contributed by atoms with van der Waals surface area (Å²) in [5.41, 5.74) is 0.844. The van der Waals surface area contributed by atoms with Gasteiger partial charge in [-0.05, 0) is 25.5 Å². The average Bonchev–Trinajstić information content (AvgIpc) is 2.30. The third-order valence-electron chi connectivity index (χ3n) is 2.51. The number of Topliss-reactive ketones (excluding diaryl/α,β-unsaturated/α-hetero) is 1. The number of carbonyl (C=O) groups excluding carboxylic acids is 1. The maximum absolute atomic E-state index is 13.4. The first-order chi connectivity index (χ1) is 6.68. The van der Waals surface area contributed by atoms with Crippen LogP contribution in [-0.2, 0) is 0 Å². The van der Waals surface area contributed by atoms with Crippen LogP contribution in [0.1, 0.15) is 30.1 Å². The van der Waals surface area contributed by atoms with Crippen molar-refractivity contribution in [2.45, 2.75) is 25.8 Å². The Kier molecular flexibility index (Phi) is 2.23. The molecule has 1 heterocycles. The Bertz CT molecular complexity index is 376. The van der Waals surface area contributed by atoms with Crippen LogP contribution < -0.4 is 5.32 Å². The molecule has 1 aromatic carbocycles. The molecule has 1 atom stereocenters. The predicted octanol–water partition coefficient (Wildman–Crippen LogP) is 2.60. The van der Waals surface area contributed by atoms with Gasteiger partial charge in [0, 0.05) is 18.0 Å². The number of nitrogens with one attached hydrogen (secondary N) is 1. The molecule has 0 bridgehead atoms. The van der Waals surface area contributed by atoms with Crippen molar-refractivity contribution in [3.8, 4) is 0 Å². The Morgan fingerprint density at radius 2 is 2.29 bits per heavy atom. The molecule has 0 spiro atoms. The molecule has 1 N–H and O–H groups in total. The van der Waals surface area contributed by atoms with E-state index in [1.807, 2.05) is 6.92 Å². The minimum atomic E-state index is -0.343. The number of fused-ring (bicyclic) bond motifs is 1. The van der Waals surface area contributed by atoms with Crippen LogP contribution >= 0.6 is 0 Å². The quantitative estimate of drug-likeness (QED) is 0.686. The van der Waals surface area contributed by atoms with E-state index in [9.17, 15) is 9.18 Å². The summed E-state index contributed by atoms with van der Waals surface area (Å²) in [7, 11) is 0. The van der Waals surface area contributed by atoms with E-state index in [1.165, 1.54) is 6.07 Å². The number of halogens is 1. The molecule has 0 saturated carbocycles. The summed E-state index contributed by atoms with van der Waals surface area (Å²) < 4.78 is 13.4. The number of carbonyl (C=O) groups is 1. The zero-order valence-electron chi connectivity index (χ0n) is 8.01. The highest BCUT2D eigenvalue weighted by atomic mass is 19.1. The molecule has 0 amide bonds. The van der Waals surface area contributed by atoms with E-state index in [0.29, 0.717) is 17.7 Å². The van der Waals surface area contributed by atoms with Gasteiger partial charge in [0.1, 0.15) is 5.82 Å². The van der Waals surface area contributed by atoms with Gasteiger partial charge in [0.25, 0.3) is 0 Å². The zero-order chi connectivity index (χ0) is 10.1. The molecule has 1 unspecified atom stereocenters. The summed E-state index contributed by atoms with van der Waals surface area (Å²) in [5, 5.41) is 3.03. The lowest BCUT2D eigenvalue weighted by Gasteiger charge is -2.12. The van der Waals surface area contributed by atoms with Crippen molar-refractivity contribution in [2.75, 3.05) is 5.32 Å². The molecular formula is C11H12FNO. The average molecular weight is 193 g/mol. The molecule has 74 valence electrons. The van der Waals surface area contributed by atoms with Crippen molar-refractivity contribution in [3.63, 3.8) is 0 Å². The lowest BCUT2D eigenvalue weighted by Crippen LogP contribution is -2.14. The summed E-state index contributed by atoms with van der Waals surface area (Å²) in [6.45, 7) is 1.95. The van der Waals surface area contributed by atoms with Gasteiger partial charge in [0.15, 0.2) is 5.78 Å². The topological polar surface area (TPSA) is 29.1 Å². The molecule has 1 aliphatic rings. The Morgan fingerprint density at radius 3 is 3.07 bits per heavy atom. The molecule has 3 heteroatoms. The maximum Gasteiger partial charge on any atom is 0.165 e. The lowest BCUT2D eigenvalue weighted by atomic mass is 10.1. The van der Waals surface area contributed by atoms with Crippen molar-refractivity contribution in [2.24, 2.45) is 0 Å². The predicted molar refractivity (Wildman–Crippen MR) is 53.0 cm³/mol. The highest BCUT2D eigenvalue weighted by Gasteiger charge is 2.20. The largest absolute Gasteiger partial charge is 0.380 e. The zero-order valence-corrected chi connectivity index (χ0v) is 8.01. The smallest absolute Gasteiger partial charge is 0.165 e. The molecule has 14 heavy (non-hydrogen) atoms. The van der Waals surface area contributed by atoms with Crippen molar-refractivity contribution in [1.82, 2.24) is 0 Å². The van der Waals surface area contributed by atoms with Crippen LogP contribution in [0.2, 0.25) is 0 Å². The SMILES string of the molecule is CC1CCC(=O)c2cccc(F)c2N1. The number of hydrogen-bond acceptors (Lipinski definition) is 2. The lowest BCUT2D eigenvalue weighted by molar-refractivity contribution is 0.0981. The monoisotopic (exact) mass is 193 g/mol. The van der Waals surface area contributed by atoms with Gasteiger partial charge >= 0.3 is 0 Å². The van der Waals surface area contributed by atoms with Crippen molar-refractivity contribution < 1.29 is 9.18 Å². The molecule has 0 radical (unpaired) electrons. The van der Waals surface area contributed by atoms with Crippen LogP contribution in [0, 0.1) is 5.82 Å². The summed E-state index contributed by atoms with van der Waals surface area (Å²) in [5.74, 6) is -0.319. The van der Waals surface area contributed by atoms with E-state index in [-0.39, 0.29) is 17.6 Å². The van der Waals surface area contributed by atoms with Crippen molar-refractivity contribution in [1.29, 1.82) is 0 Å². The van der Waals surface area contributed by atoms with Gasteiger partial charge in [-0.25, -0.2) is 4.39 Å². The summed E-state index contributed by atoms with van der Waals surface area (Å²) in [4.78, 5) is 11.6. The molecular weight excluding hydrogens is 181 g/mol. The van der Waals surface area contributed by atoms with E-state index in [4.69, 9.17) is 0 Å². The van der Waals surface area contributed by atoms with Gasteiger partial charge < -0.3 is 5.32 Å². The van der Waals surface area contributed by atoms with Crippen molar-refractivity contribution in [3.05, 3.63) is 29.6 Å². The van der Waals surface area contributed by atoms with E-state index in [1.54, 1.807) is 12.1 Å². The molecule has 1 aromatic rings. The van der Waals surface area contributed by atoms with E-state index in [0.717, 1.165) is 6.42 Å².